The van der Waals surface area contributed by atoms with Crippen LogP contribution in [0, 0.1) is 17.3 Å². The van der Waals surface area contributed by atoms with Gasteiger partial charge in [0.2, 0.25) is 5.95 Å². The Morgan fingerprint density at radius 3 is 2.80 bits per heavy atom. The van der Waals surface area contributed by atoms with Crippen molar-refractivity contribution in [3.8, 4) is 6.07 Å². The molecule has 2 bridgehead atoms. The van der Waals surface area contributed by atoms with Crippen molar-refractivity contribution in [2.24, 2.45) is 0 Å². The molecule has 5 rings (SSSR count). The van der Waals surface area contributed by atoms with Crippen molar-refractivity contribution in [1.82, 2.24) is 25.1 Å². The molecule has 0 amide bonds. The predicted octanol–water partition coefficient (Wildman–Crippen LogP) is 3.56. The van der Waals surface area contributed by atoms with Crippen molar-refractivity contribution in [3.05, 3.63) is 36.4 Å². The normalized spacial score (nSPS) is 23.4. The molecule has 154 valence electrons. The lowest BCUT2D eigenvalue weighted by molar-refractivity contribution is 0.136. The molecule has 30 heavy (non-hydrogen) atoms. The van der Waals surface area contributed by atoms with E-state index in [9.17, 15) is 4.39 Å². The molecule has 2 fully saturated rings. The Morgan fingerprint density at radius 1 is 1.23 bits per heavy atom. The molecular formula is C21H23FN8. The minimum atomic E-state index is -0.506. The van der Waals surface area contributed by atoms with Crippen LogP contribution in [0.3, 0.4) is 0 Å². The first-order chi connectivity index (χ1) is 14.7. The van der Waals surface area contributed by atoms with E-state index in [0.29, 0.717) is 36.2 Å². The third-order valence-corrected chi connectivity index (χ3v) is 6.11. The second kappa shape index (κ2) is 7.88. The number of H-pyrrole nitrogens is 1. The lowest BCUT2D eigenvalue weighted by Gasteiger charge is -2.39. The van der Waals surface area contributed by atoms with Gasteiger partial charge in [0, 0.05) is 54.8 Å². The van der Waals surface area contributed by atoms with Gasteiger partial charge in [0.15, 0.2) is 5.82 Å². The van der Waals surface area contributed by atoms with E-state index >= 15 is 0 Å². The molecule has 2 aliphatic heterocycles. The van der Waals surface area contributed by atoms with E-state index in [0.717, 1.165) is 36.1 Å². The number of anilines is 3. The number of fused-ring (bicyclic) bond motifs is 3. The molecule has 2 unspecified atom stereocenters. The van der Waals surface area contributed by atoms with E-state index in [2.05, 4.69) is 36.8 Å². The zero-order chi connectivity index (χ0) is 20.5. The molecule has 3 aromatic heterocycles. The SMILES string of the molecule is N#CCCN1C2CCC1CC(Nc1nc(Nc3cc(F)[nH]n3)cc3ncccc13)C2. The molecular weight excluding hydrogens is 383 g/mol. The third-order valence-electron chi connectivity index (χ3n) is 6.11. The molecule has 0 saturated carbocycles. The highest BCUT2D eigenvalue weighted by atomic mass is 19.1. The predicted molar refractivity (Wildman–Crippen MR) is 112 cm³/mol. The van der Waals surface area contributed by atoms with E-state index in [4.69, 9.17) is 10.2 Å². The van der Waals surface area contributed by atoms with Gasteiger partial charge < -0.3 is 10.6 Å². The van der Waals surface area contributed by atoms with E-state index < -0.39 is 5.95 Å². The molecule has 2 saturated heterocycles. The number of hydrogen-bond acceptors (Lipinski definition) is 7. The zero-order valence-corrected chi connectivity index (χ0v) is 16.5. The minimum Gasteiger partial charge on any atom is -0.367 e. The highest BCUT2D eigenvalue weighted by Crippen LogP contribution is 2.37. The average molecular weight is 406 g/mol. The van der Waals surface area contributed by atoms with Crippen LogP contribution >= 0.6 is 0 Å². The number of halogens is 1. The van der Waals surface area contributed by atoms with Gasteiger partial charge in [-0.15, -0.1) is 0 Å². The molecule has 2 aliphatic rings. The van der Waals surface area contributed by atoms with Crippen LogP contribution in [0.1, 0.15) is 32.1 Å². The Balaban J connectivity index is 1.38. The number of nitrogens with one attached hydrogen (secondary N) is 3. The highest BCUT2D eigenvalue weighted by Gasteiger charge is 2.40. The van der Waals surface area contributed by atoms with Crippen molar-refractivity contribution in [3.63, 3.8) is 0 Å². The van der Waals surface area contributed by atoms with Crippen LogP contribution in [0.5, 0.6) is 0 Å². The summed E-state index contributed by atoms with van der Waals surface area (Å²) in [6, 6.07) is 10.7. The van der Waals surface area contributed by atoms with Crippen LogP contribution in [-0.4, -0.2) is 49.7 Å². The summed E-state index contributed by atoms with van der Waals surface area (Å²) >= 11 is 0. The fourth-order valence-corrected chi connectivity index (χ4v) is 4.87. The summed E-state index contributed by atoms with van der Waals surface area (Å²) in [4.78, 5) is 11.7. The van der Waals surface area contributed by atoms with Crippen LogP contribution in [0.2, 0.25) is 0 Å². The summed E-state index contributed by atoms with van der Waals surface area (Å²) < 4.78 is 13.2. The average Bonchev–Trinajstić information content (AvgIpc) is 3.25. The number of pyridine rings is 2. The molecule has 2 atom stereocenters. The smallest absolute Gasteiger partial charge is 0.211 e. The molecule has 5 heterocycles. The van der Waals surface area contributed by atoms with E-state index in [-0.39, 0.29) is 0 Å². The standard InChI is InChI=1S/C21H23FN8/c22-18-12-20(29-28-18)26-19-11-17-16(3-1-7-24-17)21(27-19)25-13-9-14-4-5-15(10-13)30(14)8-2-6-23/h1,3,7,11-15H,2,4-5,8-10H2,(H3,25,26,27,28,29). The summed E-state index contributed by atoms with van der Waals surface area (Å²) in [6.07, 6.45) is 6.79. The first-order valence-corrected chi connectivity index (χ1v) is 10.3. The fourth-order valence-electron chi connectivity index (χ4n) is 4.87. The summed E-state index contributed by atoms with van der Waals surface area (Å²) in [5, 5.41) is 22.7. The van der Waals surface area contributed by atoms with Gasteiger partial charge in [0.25, 0.3) is 0 Å². The Labute approximate surface area is 173 Å². The van der Waals surface area contributed by atoms with Gasteiger partial charge >= 0.3 is 0 Å². The van der Waals surface area contributed by atoms with E-state index in [1.54, 1.807) is 6.20 Å². The minimum absolute atomic E-state index is 0.315. The second-order valence-corrected chi connectivity index (χ2v) is 8.00. The number of aromatic nitrogens is 4. The molecule has 0 radical (unpaired) electrons. The van der Waals surface area contributed by atoms with Crippen LogP contribution in [0.15, 0.2) is 30.5 Å². The Kier molecular flexibility index (Phi) is 4.93. The van der Waals surface area contributed by atoms with Crippen LogP contribution in [0.4, 0.5) is 21.8 Å². The van der Waals surface area contributed by atoms with Gasteiger partial charge in [-0.05, 0) is 37.8 Å². The van der Waals surface area contributed by atoms with Gasteiger partial charge in [-0.1, -0.05) is 0 Å². The molecule has 0 aromatic carbocycles. The van der Waals surface area contributed by atoms with Gasteiger partial charge in [0.05, 0.1) is 11.6 Å². The van der Waals surface area contributed by atoms with Crippen LogP contribution in [-0.2, 0) is 0 Å². The number of aromatic amines is 1. The first-order valence-electron chi connectivity index (χ1n) is 10.3. The van der Waals surface area contributed by atoms with Crippen LogP contribution in [0.25, 0.3) is 10.9 Å². The van der Waals surface area contributed by atoms with E-state index in [1.807, 2.05) is 18.2 Å². The highest BCUT2D eigenvalue weighted by molar-refractivity contribution is 5.91. The lowest BCUT2D eigenvalue weighted by atomic mass is 9.97. The molecule has 0 aliphatic carbocycles. The summed E-state index contributed by atoms with van der Waals surface area (Å²) in [6.45, 7) is 0.864. The van der Waals surface area contributed by atoms with Crippen molar-refractivity contribution in [2.75, 3.05) is 17.2 Å². The Morgan fingerprint density at radius 2 is 2.07 bits per heavy atom. The monoisotopic (exact) mass is 406 g/mol. The molecule has 3 N–H and O–H groups in total. The summed E-state index contributed by atoms with van der Waals surface area (Å²) in [5.74, 6) is 1.19. The number of rotatable bonds is 6. The molecule has 9 heteroatoms. The van der Waals surface area contributed by atoms with Gasteiger partial charge in [-0.3, -0.25) is 15.0 Å². The topological polar surface area (TPSA) is 106 Å². The largest absolute Gasteiger partial charge is 0.367 e. The fraction of sp³-hybridized carbons (Fsp3) is 0.429. The van der Waals surface area contributed by atoms with Crippen molar-refractivity contribution >= 4 is 28.4 Å². The maximum absolute atomic E-state index is 13.2. The molecule has 3 aromatic rings. The lowest BCUT2D eigenvalue weighted by Crippen LogP contribution is -2.47. The maximum atomic E-state index is 13.2. The summed E-state index contributed by atoms with van der Waals surface area (Å²) in [7, 11) is 0. The van der Waals surface area contributed by atoms with Gasteiger partial charge in [-0.25, -0.2) is 4.98 Å². The van der Waals surface area contributed by atoms with Crippen LogP contribution < -0.4 is 10.6 Å². The summed E-state index contributed by atoms with van der Waals surface area (Å²) in [5.41, 5.74) is 0.808. The number of piperidine rings is 1. The van der Waals surface area contributed by atoms with Crippen molar-refractivity contribution in [2.45, 2.75) is 50.2 Å². The van der Waals surface area contributed by atoms with Gasteiger partial charge in [0.1, 0.15) is 11.6 Å². The van der Waals surface area contributed by atoms with Gasteiger partial charge in [-0.2, -0.15) is 14.8 Å². The number of nitriles is 1. The molecule has 0 spiro atoms. The number of hydrogen-bond donors (Lipinski definition) is 3. The maximum Gasteiger partial charge on any atom is 0.211 e. The first kappa shape index (κ1) is 18.8. The van der Waals surface area contributed by atoms with E-state index in [1.165, 1.54) is 18.9 Å². The zero-order valence-electron chi connectivity index (χ0n) is 16.5. The number of nitrogens with zero attached hydrogens (tertiary/aromatic N) is 5. The van der Waals surface area contributed by atoms with Crippen molar-refractivity contribution in [1.29, 1.82) is 5.26 Å². The molecule has 8 nitrogen and oxygen atoms in total. The Bertz CT molecular complexity index is 1080. The third kappa shape index (κ3) is 3.66. The quantitative estimate of drug-likeness (QED) is 0.575. The second-order valence-electron chi connectivity index (χ2n) is 8.00. The van der Waals surface area contributed by atoms with Crippen molar-refractivity contribution < 1.29 is 4.39 Å². The Hall–Kier alpha value is -3.25.